The van der Waals surface area contributed by atoms with Crippen molar-refractivity contribution in [2.24, 2.45) is 5.92 Å². The van der Waals surface area contributed by atoms with Gasteiger partial charge in [0.1, 0.15) is 11.4 Å². The summed E-state index contributed by atoms with van der Waals surface area (Å²) in [7, 11) is 0. The van der Waals surface area contributed by atoms with Crippen molar-refractivity contribution in [2.45, 2.75) is 39.4 Å². The number of benzene rings is 1. The summed E-state index contributed by atoms with van der Waals surface area (Å²) >= 11 is 0. The van der Waals surface area contributed by atoms with Crippen LogP contribution in [0.5, 0.6) is 0 Å². The van der Waals surface area contributed by atoms with Crippen LogP contribution in [-0.2, 0) is 9.53 Å². The van der Waals surface area contributed by atoms with Gasteiger partial charge in [0.2, 0.25) is 0 Å². The van der Waals surface area contributed by atoms with Crippen LogP contribution in [0.3, 0.4) is 0 Å². The molecule has 0 fully saturated rings. The fourth-order valence-electron chi connectivity index (χ4n) is 1.47. The van der Waals surface area contributed by atoms with Gasteiger partial charge in [0.15, 0.2) is 0 Å². The lowest BCUT2D eigenvalue weighted by molar-refractivity contribution is -0.163. The molecule has 0 radical (unpaired) electrons. The zero-order valence-electron chi connectivity index (χ0n) is 11.1. The number of carbonyl (C=O) groups is 1. The molecule has 0 aliphatic heterocycles. The van der Waals surface area contributed by atoms with Gasteiger partial charge >= 0.3 is 5.97 Å². The van der Waals surface area contributed by atoms with E-state index < -0.39 is 23.6 Å². The van der Waals surface area contributed by atoms with E-state index in [1.165, 1.54) is 24.3 Å². The van der Waals surface area contributed by atoms with Gasteiger partial charge in [-0.25, -0.2) is 4.39 Å². The van der Waals surface area contributed by atoms with Crippen LogP contribution in [0.15, 0.2) is 24.3 Å². The topological polar surface area (TPSA) is 46.5 Å². The Hall–Kier alpha value is -1.42. The van der Waals surface area contributed by atoms with Gasteiger partial charge in [-0.15, -0.1) is 0 Å². The minimum Gasteiger partial charge on any atom is -0.460 e. The van der Waals surface area contributed by atoms with Gasteiger partial charge in [-0.2, -0.15) is 0 Å². The van der Waals surface area contributed by atoms with Crippen LogP contribution in [0.2, 0.25) is 0 Å². The molecule has 2 unspecified atom stereocenters. The van der Waals surface area contributed by atoms with Crippen molar-refractivity contribution in [2.75, 3.05) is 0 Å². The molecule has 0 aromatic heterocycles. The second kappa shape index (κ2) is 5.48. The maximum absolute atomic E-state index is 12.8. The third-order valence-corrected chi connectivity index (χ3v) is 2.46. The van der Waals surface area contributed by atoms with Crippen molar-refractivity contribution < 1.29 is 19.0 Å². The average molecular weight is 254 g/mol. The number of ether oxygens (including phenoxy) is 1. The number of carbonyl (C=O) groups excluding carboxylic acids is 1. The van der Waals surface area contributed by atoms with Crippen LogP contribution in [0, 0.1) is 11.7 Å². The molecule has 2 atom stereocenters. The predicted molar refractivity (Wildman–Crippen MR) is 66.4 cm³/mol. The summed E-state index contributed by atoms with van der Waals surface area (Å²) in [4.78, 5) is 11.8. The number of hydrogen-bond acceptors (Lipinski definition) is 3. The van der Waals surface area contributed by atoms with Crippen LogP contribution in [0.25, 0.3) is 0 Å². The van der Waals surface area contributed by atoms with Gasteiger partial charge in [-0.05, 0) is 45.4 Å². The van der Waals surface area contributed by atoms with E-state index >= 15 is 0 Å². The predicted octanol–water partition coefficient (Wildman–Crippen LogP) is 2.84. The van der Waals surface area contributed by atoms with E-state index in [4.69, 9.17) is 4.74 Å². The standard InChI is InChI=1S/C14H19FO3/c1-9(13(17)18-14(2,3)4)12(16)10-5-7-11(15)8-6-10/h5-9,12,16H,1-4H3. The molecule has 4 heteroatoms. The number of aliphatic hydroxyl groups is 1. The molecule has 18 heavy (non-hydrogen) atoms. The normalized spacial score (nSPS) is 15.0. The molecule has 0 aliphatic carbocycles. The lowest BCUT2D eigenvalue weighted by Gasteiger charge is -2.24. The second-order valence-corrected chi connectivity index (χ2v) is 5.32. The van der Waals surface area contributed by atoms with Gasteiger partial charge in [0.05, 0.1) is 12.0 Å². The van der Waals surface area contributed by atoms with Crippen molar-refractivity contribution in [3.8, 4) is 0 Å². The molecule has 1 rings (SSSR count). The van der Waals surface area contributed by atoms with E-state index in [2.05, 4.69) is 0 Å². The smallest absolute Gasteiger partial charge is 0.312 e. The summed E-state index contributed by atoms with van der Waals surface area (Å²) in [5.74, 6) is -1.55. The second-order valence-electron chi connectivity index (χ2n) is 5.32. The minimum atomic E-state index is -1.000. The summed E-state index contributed by atoms with van der Waals surface area (Å²) in [6.45, 7) is 6.88. The van der Waals surface area contributed by atoms with Crippen molar-refractivity contribution in [1.29, 1.82) is 0 Å². The summed E-state index contributed by atoms with van der Waals surface area (Å²) < 4.78 is 18.0. The highest BCUT2D eigenvalue weighted by molar-refractivity contribution is 5.73. The van der Waals surface area contributed by atoms with Crippen molar-refractivity contribution >= 4 is 5.97 Å². The Kier molecular flexibility index (Phi) is 4.46. The summed E-state index contributed by atoms with van der Waals surface area (Å²) in [6, 6.07) is 5.42. The van der Waals surface area contributed by atoms with Crippen molar-refractivity contribution in [1.82, 2.24) is 0 Å². The molecule has 1 aromatic carbocycles. The van der Waals surface area contributed by atoms with Gasteiger partial charge in [-0.3, -0.25) is 4.79 Å². The van der Waals surface area contributed by atoms with Crippen LogP contribution in [-0.4, -0.2) is 16.7 Å². The summed E-state index contributed by atoms with van der Waals surface area (Å²) in [5, 5.41) is 10.0. The molecule has 0 aliphatic rings. The molecule has 0 saturated heterocycles. The summed E-state index contributed by atoms with van der Waals surface area (Å²) in [5.41, 5.74) is -0.0943. The average Bonchev–Trinajstić information content (AvgIpc) is 2.26. The third kappa shape index (κ3) is 4.11. The molecular formula is C14H19FO3. The molecule has 0 bridgehead atoms. The van der Waals surface area contributed by atoms with Crippen LogP contribution >= 0.6 is 0 Å². The summed E-state index contributed by atoms with van der Waals surface area (Å²) in [6.07, 6.45) is -1.000. The quantitative estimate of drug-likeness (QED) is 0.844. The highest BCUT2D eigenvalue weighted by Gasteiger charge is 2.28. The molecule has 100 valence electrons. The minimum absolute atomic E-state index is 0.379. The Bertz CT molecular complexity index is 406. The number of rotatable bonds is 3. The van der Waals surface area contributed by atoms with Gasteiger partial charge in [0.25, 0.3) is 0 Å². The van der Waals surface area contributed by atoms with Gasteiger partial charge < -0.3 is 9.84 Å². The Labute approximate surface area is 107 Å². The highest BCUT2D eigenvalue weighted by atomic mass is 19.1. The first kappa shape index (κ1) is 14.6. The zero-order chi connectivity index (χ0) is 13.9. The number of esters is 1. The molecule has 0 saturated carbocycles. The maximum atomic E-state index is 12.8. The molecule has 0 amide bonds. The molecule has 1 N–H and O–H groups in total. The van der Waals surface area contributed by atoms with E-state index in [-0.39, 0.29) is 5.82 Å². The SMILES string of the molecule is CC(C(=O)OC(C)(C)C)C(O)c1ccc(F)cc1. The highest BCUT2D eigenvalue weighted by Crippen LogP contribution is 2.24. The Morgan fingerprint density at radius 2 is 1.78 bits per heavy atom. The van der Waals surface area contributed by atoms with Crippen LogP contribution < -0.4 is 0 Å². The lowest BCUT2D eigenvalue weighted by atomic mass is 9.97. The molecular weight excluding hydrogens is 235 g/mol. The Morgan fingerprint density at radius 3 is 2.22 bits per heavy atom. The number of halogens is 1. The molecule has 0 spiro atoms. The first-order valence-electron chi connectivity index (χ1n) is 5.87. The molecule has 1 aromatic rings. The lowest BCUT2D eigenvalue weighted by Crippen LogP contribution is -2.30. The molecule has 3 nitrogen and oxygen atoms in total. The fourth-order valence-corrected chi connectivity index (χ4v) is 1.47. The first-order valence-corrected chi connectivity index (χ1v) is 5.87. The van der Waals surface area contributed by atoms with E-state index in [1.807, 2.05) is 0 Å². The largest absolute Gasteiger partial charge is 0.460 e. The number of aliphatic hydroxyl groups excluding tert-OH is 1. The van der Waals surface area contributed by atoms with Crippen LogP contribution in [0.4, 0.5) is 4.39 Å². The maximum Gasteiger partial charge on any atom is 0.312 e. The van der Waals surface area contributed by atoms with Crippen molar-refractivity contribution in [3.05, 3.63) is 35.6 Å². The zero-order valence-corrected chi connectivity index (χ0v) is 11.1. The van der Waals surface area contributed by atoms with E-state index in [1.54, 1.807) is 27.7 Å². The van der Waals surface area contributed by atoms with E-state index in [0.717, 1.165) is 0 Å². The first-order chi connectivity index (χ1) is 8.20. The van der Waals surface area contributed by atoms with E-state index in [9.17, 15) is 14.3 Å². The third-order valence-electron chi connectivity index (χ3n) is 2.46. The molecule has 0 heterocycles. The Morgan fingerprint density at radius 1 is 1.28 bits per heavy atom. The van der Waals surface area contributed by atoms with Gasteiger partial charge in [0, 0.05) is 0 Å². The fraction of sp³-hybridized carbons (Fsp3) is 0.500. The Balaban J connectivity index is 2.74. The van der Waals surface area contributed by atoms with Crippen LogP contribution in [0.1, 0.15) is 39.4 Å². The monoisotopic (exact) mass is 254 g/mol. The van der Waals surface area contributed by atoms with Crippen molar-refractivity contribution in [3.63, 3.8) is 0 Å². The van der Waals surface area contributed by atoms with Gasteiger partial charge in [-0.1, -0.05) is 12.1 Å². The van der Waals surface area contributed by atoms with E-state index in [0.29, 0.717) is 5.56 Å². The number of hydrogen-bond donors (Lipinski definition) is 1.